The molecule has 1 aliphatic heterocycles. The standard InChI is InChI=1S/C21H29N7O2/c1-26(2)19(29)16-25-21(24-15-17-5-7-18(30-3)8-6-17)28-13-11-27(12-14-28)20-22-9-4-10-23-20/h4-10H,11-16H2,1-3H3,(H,24,25). The first-order chi connectivity index (χ1) is 14.6. The highest BCUT2D eigenvalue weighted by atomic mass is 16.5. The first kappa shape index (κ1) is 21.4. The minimum atomic E-state index is 0.00321. The normalized spacial score (nSPS) is 14.4. The fraction of sp³-hybridized carbons (Fsp3) is 0.429. The summed E-state index contributed by atoms with van der Waals surface area (Å²) in [5.74, 6) is 2.29. The zero-order valence-corrected chi connectivity index (χ0v) is 17.8. The van der Waals surface area contributed by atoms with E-state index in [-0.39, 0.29) is 12.5 Å². The molecular weight excluding hydrogens is 382 g/mol. The molecule has 9 nitrogen and oxygen atoms in total. The fourth-order valence-electron chi connectivity index (χ4n) is 3.05. The number of piperazine rings is 1. The second kappa shape index (κ2) is 10.4. The lowest BCUT2D eigenvalue weighted by Gasteiger charge is -2.36. The van der Waals surface area contributed by atoms with Crippen molar-refractivity contribution in [3.8, 4) is 5.75 Å². The van der Waals surface area contributed by atoms with Crippen LogP contribution in [0.4, 0.5) is 5.95 Å². The number of nitrogens with one attached hydrogen (secondary N) is 1. The smallest absolute Gasteiger partial charge is 0.241 e. The lowest BCUT2D eigenvalue weighted by Crippen LogP contribution is -2.54. The number of hydrogen-bond donors (Lipinski definition) is 1. The predicted molar refractivity (Wildman–Crippen MR) is 117 cm³/mol. The summed E-state index contributed by atoms with van der Waals surface area (Å²) in [6.07, 6.45) is 3.51. The average Bonchev–Trinajstić information content (AvgIpc) is 2.80. The Kier molecular flexibility index (Phi) is 7.42. The van der Waals surface area contributed by atoms with E-state index < -0.39 is 0 Å². The number of amides is 1. The van der Waals surface area contributed by atoms with Crippen molar-refractivity contribution in [1.82, 2.24) is 25.1 Å². The third-order valence-corrected chi connectivity index (χ3v) is 4.88. The Morgan fingerprint density at radius 1 is 1.13 bits per heavy atom. The zero-order valence-electron chi connectivity index (χ0n) is 17.8. The predicted octanol–water partition coefficient (Wildman–Crippen LogP) is 0.841. The summed E-state index contributed by atoms with van der Waals surface area (Å²) in [6, 6.07) is 9.65. The summed E-state index contributed by atoms with van der Waals surface area (Å²) < 4.78 is 5.21. The van der Waals surface area contributed by atoms with Gasteiger partial charge in [-0.15, -0.1) is 0 Å². The van der Waals surface area contributed by atoms with Gasteiger partial charge in [-0.1, -0.05) is 12.1 Å². The summed E-state index contributed by atoms with van der Waals surface area (Å²) in [4.78, 5) is 31.4. The molecule has 1 amide bonds. The van der Waals surface area contributed by atoms with Gasteiger partial charge in [-0.2, -0.15) is 0 Å². The number of hydrogen-bond acceptors (Lipinski definition) is 6. The Morgan fingerprint density at radius 2 is 1.80 bits per heavy atom. The Balaban J connectivity index is 1.66. The van der Waals surface area contributed by atoms with Crippen molar-refractivity contribution in [3.63, 3.8) is 0 Å². The van der Waals surface area contributed by atoms with Crippen LogP contribution in [0.15, 0.2) is 47.7 Å². The van der Waals surface area contributed by atoms with Gasteiger partial charge in [-0.05, 0) is 23.8 Å². The van der Waals surface area contributed by atoms with Crippen LogP contribution in [0.2, 0.25) is 0 Å². The minimum Gasteiger partial charge on any atom is -0.497 e. The van der Waals surface area contributed by atoms with Crippen molar-refractivity contribution >= 4 is 17.8 Å². The lowest BCUT2D eigenvalue weighted by molar-refractivity contribution is -0.127. The maximum absolute atomic E-state index is 12.1. The Hall–Kier alpha value is -3.36. The second-order valence-electron chi connectivity index (χ2n) is 7.15. The van der Waals surface area contributed by atoms with Crippen LogP contribution >= 0.6 is 0 Å². The number of rotatable bonds is 6. The first-order valence-electron chi connectivity index (χ1n) is 9.95. The Morgan fingerprint density at radius 3 is 2.40 bits per heavy atom. The maximum atomic E-state index is 12.1. The number of benzene rings is 1. The fourth-order valence-corrected chi connectivity index (χ4v) is 3.05. The molecule has 0 radical (unpaired) electrons. The van der Waals surface area contributed by atoms with E-state index >= 15 is 0 Å². The van der Waals surface area contributed by atoms with E-state index in [4.69, 9.17) is 9.73 Å². The van der Waals surface area contributed by atoms with Crippen LogP contribution in [0.3, 0.4) is 0 Å². The van der Waals surface area contributed by atoms with Crippen molar-refractivity contribution in [2.24, 2.45) is 4.99 Å². The van der Waals surface area contributed by atoms with E-state index in [2.05, 4.69) is 25.1 Å². The van der Waals surface area contributed by atoms with E-state index in [1.54, 1.807) is 38.5 Å². The van der Waals surface area contributed by atoms with Gasteiger partial charge < -0.3 is 24.8 Å². The number of carbonyl (C=O) groups is 1. The molecule has 0 bridgehead atoms. The molecule has 2 heterocycles. The third-order valence-electron chi connectivity index (χ3n) is 4.88. The quantitative estimate of drug-likeness (QED) is 0.557. The molecular formula is C21H29N7O2. The number of aromatic nitrogens is 2. The van der Waals surface area contributed by atoms with Crippen LogP contribution in [-0.2, 0) is 11.3 Å². The molecule has 0 unspecified atom stereocenters. The number of guanidine groups is 1. The van der Waals surface area contributed by atoms with E-state index in [1.165, 1.54) is 0 Å². The SMILES string of the molecule is COc1ccc(CN=C(NCC(=O)N(C)C)N2CCN(c3ncccn3)CC2)cc1. The summed E-state index contributed by atoms with van der Waals surface area (Å²) in [7, 11) is 5.14. The number of nitrogens with zero attached hydrogens (tertiary/aromatic N) is 6. The number of anilines is 1. The van der Waals surface area contributed by atoms with E-state index in [1.807, 2.05) is 30.3 Å². The number of aliphatic imine (C=N–C) groups is 1. The monoisotopic (exact) mass is 411 g/mol. The van der Waals surface area contributed by atoms with Gasteiger partial charge in [0, 0.05) is 52.7 Å². The summed E-state index contributed by atoms with van der Waals surface area (Å²) in [6.45, 7) is 3.83. The van der Waals surface area contributed by atoms with E-state index in [0.29, 0.717) is 6.54 Å². The summed E-state index contributed by atoms with van der Waals surface area (Å²) in [5.41, 5.74) is 1.07. The highest BCUT2D eigenvalue weighted by Gasteiger charge is 2.21. The minimum absolute atomic E-state index is 0.00321. The van der Waals surface area contributed by atoms with Gasteiger partial charge in [0.2, 0.25) is 11.9 Å². The first-order valence-corrected chi connectivity index (χ1v) is 9.95. The van der Waals surface area contributed by atoms with Crippen molar-refractivity contribution in [2.75, 3.05) is 58.8 Å². The van der Waals surface area contributed by atoms with Crippen LogP contribution in [0.5, 0.6) is 5.75 Å². The van der Waals surface area contributed by atoms with Crippen LogP contribution < -0.4 is 15.0 Å². The Labute approximate surface area is 177 Å². The number of ether oxygens (including phenoxy) is 1. The molecule has 1 aromatic heterocycles. The highest BCUT2D eigenvalue weighted by Crippen LogP contribution is 2.13. The molecule has 1 saturated heterocycles. The summed E-state index contributed by atoms with van der Waals surface area (Å²) in [5, 5.41) is 3.23. The molecule has 1 N–H and O–H groups in total. The van der Waals surface area contributed by atoms with Gasteiger partial charge in [-0.3, -0.25) is 4.79 Å². The molecule has 1 aliphatic rings. The van der Waals surface area contributed by atoms with Crippen LogP contribution in [0.25, 0.3) is 0 Å². The molecule has 0 spiro atoms. The Bertz CT molecular complexity index is 832. The molecule has 2 aromatic rings. The molecule has 1 aromatic carbocycles. The van der Waals surface area contributed by atoms with Gasteiger partial charge in [-0.25, -0.2) is 15.0 Å². The van der Waals surface area contributed by atoms with Crippen LogP contribution in [0.1, 0.15) is 5.56 Å². The van der Waals surface area contributed by atoms with Crippen LogP contribution in [-0.4, -0.2) is 85.6 Å². The van der Waals surface area contributed by atoms with Gasteiger partial charge in [0.15, 0.2) is 5.96 Å². The van der Waals surface area contributed by atoms with Crippen molar-refractivity contribution < 1.29 is 9.53 Å². The zero-order chi connectivity index (χ0) is 21.3. The van der Waals surface area contributed by atoms with Gasteiger partial charge in [0.25, 0.3) is 0 Å². The highest BCUT2D eigenvalue weighted by molar-refractivity contribution is 5.86. The van der Waals surface area contributed by atoms with Gasteiger partial charge in [0.1, 0.15) is 5.75 Å². The number of carbonyl (C=O) groups excluding carboxylic acids is 1. The number of likely N-dealkylation sites (N-methyl/N-ethyl adjacent to an activating group) is 1. The molecule has 160 valence electrons. The van der Waals surface area contributed by atoms with Crippen LogP contribution in [0, 0.1) is 0 Å². The second-order valence-corrected chi connectivity index (χ2v) is 7.15. The lowest BCUT2D eigenvalue weighted by atomic mass is 10.2. The molecule has 0 atom stereocenters. The van der Waals surface area contributed by atoms with Gasteiger partial charge in [0.05, 0.1) is 20.2 Å². The van der Waals surface area contributed by atoms with E-state index in [0.717, 1.165) is 49.4 Å². The molecule has 30 heavy (non-hydrogen) atoms. The van der Waals surface area contributed by atoms with Crippen molar-refractivity contribution in [2.45, 2.75) is 6.54 Å². The summed E-state index contributed by atoms with van der Waals surface area (Å²) >= 11 is 0. The molecule has 3 rings (SSSR count). The number of methoxy groups -OCH3 is 1. The van der Waals surface area contributed by atoms with Crippen molar-refractivity contribution in [1.29, 1.82) is 0 Å². The molecule has 0 aliphatic carbocycles. The van der Waals surface area contributed by atoms with E-state index in [9.17, 15) is 4.79 Å². The average molecular weight is 412 g/mol. The van der Waals surface area contributed by atoms with Gasteiger partial charge >= 0.3 is 0 Å². The van der Waals surface area contributed by atoms with Crippen molar-refractivity contribution in [3.05, 3.63) is 48.3 Å². The molecule has 0 saturated carbocycles. The molecule has 1 fully saturated rings. The largest absolute Gasteiger partial charge is 0.497 e. The third kappa shape index (κ3) is 5.82. The maximum Gasteiger partial charge on any atom is 0.241 e. The topological polar surface area (TPSA) is 86.2 Å². The molecule has 9 heteroatoms.